The molecule has 8 heteroatoms. The van der Waals surface area contributed by atoms with Crippen molar-refractivity contribution >= 4 is 40.9 Å². The molecule has 2 aromatic carbocycles. The van der Waals surface area contributed by atoms with E-state index in [4.69, 9.17) is 27.9 Å². The van der Waals surface area contributed by atoms with Crippen molar-refractivity contribution < 1.29 is 13.9 Å². The molecule has 0 fully saturated rings. The number of halogens is 3. The maximum atomic E-state index is 13.7. The first kappa shape index (κ1) is 18.6. The van der Waals surface area contributed by atoms with Crippen LogP contribution in [-0.4, -0.2) is 15.9 Å². The molecule has 0 bridgehead atoms. The van der Waals surface area contributed by atoms with Crippen LogP contribution in [0.25, 0.3) is 0 Å². The van der Waals surface area contributed by atoms with E-state index in [0.29, 0.717) is 16.3 Å². The zero-order valence-corrected chi connectivity index (χ0v) is 15.5. The molecule has 0 aliphatic rings. The minimum Gasteiger partial charge on any atom is -0.420 e. The molecule has 0 radical (unpaired) electrons. The summed E-state index contributed by atoms with van der Waals surface area (Å²) in [5, 5.41) is 0.626. The van der Waals surface area contributed by atoms with Crippen LogP contribution in [0.15, 0.2) is 59.9 Å². The Morgan fingerprint density at radius 2 is 1.81 bits per heavy atom. The lowest BCUT2D eigenvalue weighted by molar-refractivity contribution is 0.0727. The second-order valence-electron chi connectivity index (χ2n) is 5.05. The van der Waals surface area contributed by atoms with Gasteiger partial charge in [0.15, 0.2) is 10.9 Å². The highest BCUT2D eigenvalue weighted by atomic mass is 35.5. The van der Waals surface area contributed by atoms with E-state index in [2.05, 4.69) is 9.97 Å². The third-order valence-electron chi connectivity index (χ3n) is 3.27. The van der Waals surface area contributed by atoms with Gasteiger partial charge in [-0.15, -0.1) is 0 Å². The third-order valence-corrected chi connectivity index (χ3v) is 4.77. The minimum absolute atomic E-state index is 0.0531. The molecule has 3 rings (SSSR count). The van der Waals surface area contributed by atoms with E-state index >= 15 is 0 Å². The first-order valence-corrected chi connectivity index (χ1v) is 9.14. The summed E-state index contributed by atoms with van der Waals surface area (Å²) in [7, 11) is 0. The Hall–Kier alpha value is -2.15. The molecule has 0 aliphatic carbocycles. The number of carbonyl (C=O) groups excluding carboxylic acids is 1. The number of ether oxygens (including phenoxy) is 1. The molecule has 0 saturated carbocycles. The van der Waals surface area contributed by atoms with Gasteiger partial charge in [0.2, 0.25) is 0 Å². The van der Waals surface area contributed by atoms with Gasteiger partial charge in [-0.3, -0.25) is 0 Å². The van der Waals surface area contributed by atoms with Crippen LogP contribution >= 0.6 is 35.0 Å². The van der Waals surface area contributed by atoms with Crippen LogP contribution in [0.3, 0.4) is 0 Å². The average Bonchev–Trinajstić information content (AvgIpc) is 2.64. The topological polar surface area (TPSA) is 52.1 Å². The van der Waals surface area contributed by atoms with E-state index < -0.39 is 5.97 Å². The lowest BCUT2D eigenvalue weighted by atomic mass is 10.2. The van der Waals surface area contributed by atoms with Crippen LogP contribution < -0.4 is 4.74 Å². The average molecular weight is 409 g/mol. The number of esters is 1. The fraction of sp³-hybridized carbons (Fsp3) is 0.0556. The molecule has 0 N–H and O–H groups in total. The molecule has 1 heterocycles. The Balaban J connectivity index is 1.76. The zero-order valence-electron chi connectivity index (χ0n) is 13.2. The van der Waals surface area contributed by atoms with E-state index in [1.54, 1.807) is 42.5 Å². The summed E-state index contributed by atoms with van der Waals surface area (Å²) >= 11 is 13.2. The third kappa shape index (κ3) is 4.52. The molecule has 3 aromatic rings. The summed E-state index contributed by atoms with van der Waals surface area (Å²) in [6, 6.07) is 13.0. The highest BCUT2D eigenvalue weighted by Crippen LogP contribution is 2.26. The number of rotatable bonds is 5. The molecule has 0 saturated heterocycles. The van der Waals surface area contributed by atoms with Crippen molar-refractivity contribution in [1.82, 2.24) is 9.97 Å². The predicted octanol–water partition coefficient (Wildman–Crippen LogP) is 5.43. The lowest BCUT2D eigenvalue weighted by Crippen LogP contribution is -2.12. The zero-order chi connectivity index (χ0) is 18.5. The van der Waals surface area contributed by atoms with Gasteiger partial charge in [-0.1, -0.05) is 65.3 Å². The number of aromatic nitrogens is 2. The predicted molar refractivity (Wildman–Crippen MR) is 99.4 cm³/mol. The first-order chi connectivity index (χ1) is 12.5. The summed E-state index contributed by atoms with van der Waals surface area (Å²) in [5.74, 6) is -0.548. The molecular weight excluding hydrogens is 398 g/mol. The number of hydrogen-bond donors (Lipinski definition) is 0. The molecule has 0 aliphatic heterocycles. The van der Waals surface area contributed by atoms with E-state index in [9.17, 15) is 9.18 Å². The number of hydrogen-bond acceptors (Lipinski definition) is 5. The van der Waals surface area contributed by atoms with Crippen molar-refractivity contribution in [3.8, 4) is 5.75 Å². The molecular formula is C18H11Cl2FN2O2S. The molecule has 132 valence electrons. The second kappa shape index (κ2) is 8.49. The van der Waals surface area contributed by atoms with Crippen molar-refractivity contribution in [1.29, 1.82) is 0 Å². The number of nitrogens with zero attached hydrogens (tertiary/aromatic N) is 2. The Morgan fingerprint density at radius 3 is 2.58 bits per heavy atom. The van der Waals surface area contributed by atoms with Crippen LogP contribution in [0.5, 0.6) is 5.75 Å². The van der Waals surface area contributed by atoms with Gasteiger partial charge < -0.3 is 4.74 Å². The van der Waals surface area contributed by atoms with Crippen molar-refractivity contribution in [3.63, 3.8) is 0 Å². The van der Waals surface area contributed by atoms with Crippen molar-refractivity contribution in [2.75, 3.05) is 0 Å². The van der Waals surface area contributed by atoms with Crippen LogP contribution in [-0.2, 0) is 5.75 Å². The summed E-state index contributed by atoms with van der Waals surface area (Å²) in [6.07, 6.45) is 1.31. The maximum absolute atomic E-state index is 13.7. The number of benzene rings is 2. The summed E-state index contributed by atoms with van der Waals surface area (Å²) in [5.41, 5.74) is 0.425. The van der Waals surface area contributed by atoms with E-state index in [1.165, 1.54) is 24.0 Å². The van der Waals surface area contributed by atoms with Crippen LogP contribution in [0, 0.1) is 5.82 Å². The monoisotopic (exact) mass is 408 g/mol. The van der Waals surface area contributed by atoms with Crippen molar-refractivity contribution in [2.24, 2.45) is 0 Å². The van der Waals surface area contributed by atoms with Gasteiger partial charge in [0.05, 0.1) is 16.2 Å². The Kier molecular flexibility index (Phi) is 6.08. The van der Waals surface area contributed by atoms with Gasteiger partial charge in [-0.25, -0.2) is 19.2 Å². The molecule has 0 unspecified atom stereocenters. The fourth-order valence-corrected chi connectivity index (χ4v) is 3.14. The van der Waals surface area contributed by atoms with Gasteiger partial charge in [-0.2, -0.15) is 0 Å². The first-order valence-electron chi connectivity index (χ1n) is 7.40. The largest absolute Gasteiger partial charge is 0.420 e. The van der Waals surface area contributed by atoms with Crippen LogP contribution in [0.2, 0.25) is 10.0 Å². The summed E-state index contributed by atoms with van der Waals surface area (Å²) in [4.78, 5) is 20.5. The van der Waals surface area contributed by atoms with Crippen LogP contribution in [0.4, 0.5) is 4.39 Å². The lowest BCUT2D eigenvalue weighted by Gasteiger charge is -2.08. The SMILES string of the molecule is O=C(Oc1ccccc1Cl)c1nc(SCc2ccccc2F)ncc1Cl. The Morgan fingerprint density at radius 1 is 1.08 bits per heavy atom. The number of carbonyl (C=O) groups is 1. The maximum Gasteiger partial charge on any atom is 0.364 e. The molecule has 4 nitrogen and oxygen atoms in total. The van der Waals surface area contributed by atoms with Gasteiger partial charge in [0.1, 0.15) is 11.6 Å². The van der Waals surface area contributed by atoms with E-state index in [-0.39, 0.29) is 27.4 Å². The van der Waals surface area contributed by atoms with Crippen LogP contribution in [0.1, 0.15) is 16.1 Å². The van der Waals surface area contributed by atoms with Crippen molar-refractivity contribution in [2.45, 2.75) is 10.9 Å². The highest BCUT2D eigenvalue weighted by molar-refractivity contribution is 7.98. The minimum atomic E-state index is -0.752. The van der Waals surface area contributed by atoms with Crippen molar-refractivity contribution in [3.05, 3.63) is 81.8 Å². The Bertz CT molecular complexity index is 956. The molecule has 0 spiro atoms. The van der Waals surface area contributed by atoms with Gasteiger partial charge in [0.25, 0.3) is 0 Å². The van der Waals surface area contributed by atoms with E-state index in [1.807, 2.05) is 0 Å². The molecule has 26 heavy (non-hydrogen) atoms. The van der Waals surface area contributed by atoms with Gasteiger partial charge in [0, 0.05) is 5.75 Å². The smallest absolute Gasteiger partial charge is 0.364 e. The summed E-state index contributed by atoms with van der Waals surface area (Å²) < 4.78 is 18.9. The fourth-order valence-electron chi connectivity index (χ4n) is 2.00. The summed E-state index contributed by atoms with van der Waals surface area (Å²) in [6.45, 7) is 0. The molecule has 1 aromatic heterocycles. The highest BCUT2D eigenvalue weighted by Gasteiger charge is 2.18. The van der Waals surface area contributed by atoms with Gasteiger partial charge >= 0.3 is 5.97 Å². The van der Waals surface area contributed by atoms with E-state index in [0.717, 1.165) is 0 Å². The second-order valence-corrected chi connectivity index (χ2v) is 6.81. The standard InChI is InChI=1S/C18H11Cl2FN2O2S/c19-12-6-2-4-8-15(12)25-17(24)16-13(20)9-22-18(23-16)26-10-11-5-1-3-7-14(11)21/h1-9H,10H2. The quantitative estimate of drug-likeness (QED) is 0.243. The normalized spacial score (nSPS) is 10.6. The molecule has 0 amide bonds. The number of thioether (sulfide) groups is 1. The number of para-hydroxylation sites is 1. The van der Waals surface area contributed by atoms with Gasteiger partial charge in [-0.05, 0) is 23.8 Å². The molecule has 0 atom stereocenters. The Labute approximate surface area is 163 Å².